The number of para-hydroxylation sites is 1. The fourth-order valence-corrected chi connectivity index (χ4v) is 4.29. The average molecular weight is 349 g/mol. The smallest absolute Gasteiger partial charge is 0.214 e. The van der Waals surface area contributed by atoms with Crippen LogP contribution in [0.2, 0.25) is 0 Å². The monoisotopic (exact) mass is 349 g/mol. The highest BCUT2D eigenvalue weighted by Gasteiger charge is 2.36. The number of hydrogen-bond donors (Lipinski definition) is 1. The number of aliphatic hydroxyl groups excluding tert-OH is 1. The molecule has 1 aromatic heterocycles. The number of rotatable bonds is 4. The van der Waals surface area contributed by atoms with Crippen molar-refractivity contribution in [3.8, 4) is 0 Å². The van der Waals surface area contributed by atoms with E-state index in [1.165, 1.54) is 18.4 Å². The van der Waals surface area contributed by atoms with Crippen LogP contribution in [0.3, 0.4) is 0 Å². The van der Waals surface area contributed by atoms with Gasteiger partial charge in [0.25, 0.3) is 0 Å². The van der Waals surface area contributed by atoms with Gasteiger partial charge in [-0.2, -0.15) is 0 Å². The molecule has 24 heavy (non-hydrogen) atoms. The first kappa shape index (κ1) is 17.1. The minimum atomic E-state index is -3.34. The van der Waals surface area contributed by atoms with E-state index in [9.17, 15) is 13.5 Å². The zero-order chi connectivity index (χ0) is 17.5. The molecular weight excluding hydrogens is 326 g/mol. The predicted molar refractivity (Wildman–Crippen MR) is 95.7 cm³/mol. The van der Waals surface area contributed by atoms with Crippen molar-refractivity contribution in [2.24, 2.45) is 5.92 Å². The number of aromatic nitrogens is 1. The Kier molecular flexibility index (Phi) is 4.50. The zero-order valence-electron chi connectivity index (χ0n) is 14.2. The summed E-state index contributed by atoms with van der Waals surface area (Å²) in [6, 6.07) is 9.93. The second-order valence-corrected chi connectivity index (χ2v) is 8.84. The molecule has 0 spiro atoms. The quantitative estimate of drug-likeness (QED) is 0.899. The molecule has 7 heteroatoms. The number of β-amino-alcohol motifs (C(OH)–C–C–N with tert-alkyl or cyclic N) is 1. The zero-order valence-corrected chi connectivity index (χ0v) is 15.0. The van der Waals surface area contributed by atoms with Crippen molar-refractivity contribution in [3.63, 3.8) is 0 Å². The molecule has 3 rings (SSSR count). The summed E-state index contributed by atoms with van der Waals surface area (Å²) >= 11 is 0. The molecule has 1 N–H and O–H groups in total. The van der Waals surface area contributed by atoms with E-state index in [1.54, 1.807) is 0 Å². The van der Waals surface area contributed by atoms with Gasteiger partial charge in [-0.15, -0.1) is 0 Å². The van der Waals surface area contributed by atoms with E-state index in [0.717, 1.165) is 22.3 Å². The van der Waals surface area contributed by atoms with Crippen molar-refractivity contribution in [3.05, 3.63) is 35.9 Å². The number of nitrogens with zero attached hydrogens (tertiary/aromatic N) is 3. The van der Waals surface area contributed by atoms with Crippen molar-refractivity contribution in [2.75, 3.05) is 37.8 Å². The van der Waals surface area contributed by atoms with Gasteiger partial charge in [-0.05, 0) is 24.6 Å². The Hall–Kier alpha value is -1.70. The van der Waals surface area contributed by atoms with Crippen molar-refractivity contribution in [1.82, 2.24) is 9.29 Å². The van der Waals surface area contributed by atoms with Crippen molar-refractivity contribution < 1.29 is 13.5 Å². The highest BCUT2D eigenvalue weighted by Crippen LogP contribution is 2.28. The summed E-state index contributed by atoms with van der Waals surface area (Å²) in [4.78, 5) is 6.65. The van der Waals surface area contributed by atoms with Gasteiger partial charge in [-0.25, -0.2) is 17.7 Å². The number of benzene rings is 1. The van der Waals surface area contributed by atoms with E-state index in [1.807, 2.05) is 42.2 Å². The van der Waals surface area contributed by atoms with Crippen molar-refractivity contribution >= 4 is 26.7 Å². The van der Waals surface area contributed by atoms with Crippen LogP contribution in [0.1, 0.15) is 5.56 Å². The molecule has 0 saturated carbocycles. The lowest BCUT2D eigenvalue weighted by atomic mass is 10.1. The summed E-state index contributed by atoms with van der Waals surface area (Å²) in [7, 11) is -0.304. The lowest BCUT2D eigenvalue weighted by molar-refractivity contribution is 0.157. The van der Waals surface area contributed by atoms with Gasteiger partial charge in [0.1, 0.15) is 5.82 Å². The average Bonchev–Trinajstić information content (AvgIpc) is 2.87. The molecule has 6 nitrogen and oxygen atoms in total. The maximum absolute atomic E-state index is 12.1. The van der Waals surface area contributed by atoms with Crippen LogP contribution in [-0.4, -0.2) is 61.9 Å². The molecule has 2 aromatic rings. The SMILES string of the molecule is Cc1cc(N2C[C@@H](CS(=O)(=O)N(C)C)[C@H](O)C2)nc2ccccc12. The van der Waals surface area contributed by atoms with E-state index >= 15 is 0 Å². The summed E-state index contributed by atoms with van der Waals surface area (Å²) in [5.41, 5.74) is 2.03. The number of fused-ring (bicyclic) bond motifs is 1. The Morgan fingerprint density at radius 2 is 2.00 bits per heavy atom. The van der Waals surface area contributed by atoms with Gasteiger partial charge in [0.05, 0.1) is 17.4 Å². The minimum absolute atomic E-state index is 0.0514. The Balaban J connectivity index is 1.85. The maximum atomic E-state index is 12.1. The van der Waals surface area contributed by atoms with Gasteiger partial charge in [0.2, 0.25) is 10.0 Å². The van der Waals surface area contributed by atoms with E-state index in [2.05, 4.69) is 4.98 Å². The second-order valence-electron chi connectivity index (χ2n) is 6.61. The van der Waals surface area contributed by atoms with Crippen LogP contribution in [0.5, 0.6) is 0 Å². The Bertz CT molecular complexity index is 851. The lowest BCUT2D eigenvalue weighted by Crippen LogP contribution is -2.33. The molecule has 0 bridgehead atoms. The van der Waals surface area contributed by atoms with Gasteiger partial charge >= 0.3 is 0 Å². The van der Waals surface area contributed by atoms with E-state index in [-0.39, 0.29) is 11.7 Å². The summed E-state index contributed by atoms with van der Waals surface area (Å²) in [5, 5.41) is 11.4. The summed E-state index contributed by atoms with van der Waals surface area (Å²) in [6.07, 6.45) is -0.673. The van der Waals surface area contributed by atoms with Crippen LogP contribution < -0.4 is 4.90 Å². The first-order chi connectivity index (χ1) is 11.3. The van der Waals surface area contributed by atoms with Crippen molar-refractivity contribution in [2.45, 2.75) is 13.0 Å². The first-order valence-corrected chi connectivity index (χ1v) is 9.58. The molecule has 2 heterocycles. The van der Waals surface area contributed by atoms with Crippen LogP contribution in [0, 0.1) is 12.8 Å². The summed E-state index contributed by atoms with van der Waals surface area (Å²) < 4.78 is 25.4. The highest BCUT2D eigenvalue weighted by molar-refractivity contribution is 7.89. The first-order valence-electron chi connectivity index (χ1n) is 7.97. The van der Waals surface area contributed by atoms with Gasteiger partial charge in [-0.3, -0.25) is 0 Å². The fourth-order valence-electron chi connectivity index (χ4n) is 3.12. The number of hydrogen-bond acceptors (Lipinski definition) is 5. The summed E-state index contributed by atoms with van der Waals surface area (Å²) in [6.45, 7) is 2.92. The van der Waals surface area contributed by atoms with Crippen LogP contribution in [-0.2, 0) is 10.0 Å². The lowest BCUT2D eigenvalue weighted by Gasteiger charge is -2.19. The second kappa shape index (κ2) is 6.31. The maximum Gasteiger partial charge on any atom is 0.214 e. The third-order valence-electron chi connectivity index (χ3n) is 4.62. The Labute approximate surface area is 142 Å². The summed E-state index contributed by atoms with van der Waals surface area (Å²) in [5.74, 6) is 0.422. The number of aliphatic hydroxyl groups is 1. The number of sulfonamides is 1. The van der Waals surface area contributed by atoms with Crippen LogP contribution in [0.15, 0.2) is 30.3 Å². The van der Waals surface area contributed by atoms with E-state index < -0.39 is 16.1 Å². The van der Waals surface area contributed by atoms with Gasteiger partial charge in [-0.1, -0.05) is 18.2 Å². The standard InChI is InChI=1S/C17H23N3O3S/c1-12-8-17(18-15-7-5-4-6-14(12)15)20-9-13(16(21)10-20)11-24(22,23)19(2)3/h4-8,13,16,21H,9-11H2,1-3H3/t13-,16+/m0/s1. The van der Waals surface area contributed by atoms with E-state index in [0.29, 0.717) is 13.1 Å². The topological polar surface area (TPSA) is 73.7 Å². The van der Waals surface area contributed by atoms with Crippen molar-refractivity contribution in [1.29, 1.82) is 0 Å². The van der Waals surface area contributed by atoms with E-state index in [4.69, 9.17) is 0 Å². The Morgan fingerprint density at radius 1 is 1.29 bits per heavy atom. The molecule has 0 radical (unpaired) electrons. The molecule has 130 valence electrons. The predicted octanol–water partition coefficient (Wildman–Crippen LogP) is 1.23. The molecule has 0 aliphatic carbocycles. The molecule has 1 aliphatic heterocycles. The van der Waals surface area contributed by atoms with Gasteiger partial charge < -0.3 is 10.0 Å². The number of pyridine rings is 1. The van der Waals surface area contributed by atoms with Gasteiger partial charge in [0, 0.05) is 38.5 Å². The fraction of sp³-hybridized carbons (Fsp3) is 0.471. The number of anilines is 1. The van der Waals surface area contributed by atoms with Crippen LogP contribution in [0.4, 0.5) is 5.82 Å². The molecule has 1 aromatic carbocycles. The van der Waals surface area contributed by atoms with Crippen LogP contribution in [0.25, 0.3) is 10.9 Å². The van der Waals surface area contributed by atoms with Crippen LogP contribution >= 0.6 is 0 Å². The molecule has 0 amide bonds. The third-order valence-corrected chi connectivity index (χ3v) is 6.58. The molecule has 1 saturated heterocycles. The minimum Gasteiger partial charge on any atom is -0.391 e. The molecule has 1 fully saturated rings. The molecule has 0 unspecified atom stereocenters. The third kappa shape index (κ3) is 3.24. The Morgan fingerprint density at radius 3 is 2.71 bits per heavy atom. The normalized spacial score (nSPS) is 21.8. The number of aryl methyl sites for hydroxylation is 1. The largest absolute Gasteiger partial charge is 0.391 e. The highest BCUT2D eigenvalue weighted by atomic mass is 32.2. The molecular formula is C17H23N3O3S. The van der Waals surface area contributed by atoms with Gasteiger partial charge in [0.15, 0.2) is 0 Å². The molecule has 1 aliphatic rings. The molecule has 2 atom stereocenters.